The number of rotatable bonds is 6. The summed E-state index contributed by atoms with van der Waals surface area (Å²) in [6, 6.07) is 6.30. The Balaban J connectivity index is 2.63. The van der Waals surface area contributed by atoms with E-state index < -0.39 is 4.92 Å². The summed E-state index contributed by atoms with van der Waals surface area (Å²) in [5.41, 5.74) is 6.10. The maximum atomic E-state index is 10.8. The van der Waals surface area contributed by atoms with Gasteiger partial charge in [0, 0.05) is 30.6 Å². The Labute approximate surface area is 105 Å². The van der Waals surface area contributed by atoms with E-state index in [4.69, 9.17) is 5.73 Å². The van der Waals surface area contributed by atoms with Gasteiger partial charge in [0.2, 0.25) is 5.91 Å². The zero-order valence-electron chi connectivity index (χ0n) is 10.4. The predicted octanol–water partition coefficient (Wildman–Crippen LogP) is 1.51. The highest BCUT2D eigenvalue weighted by molar-refractivity contribution is 5.74. The second-order valence-corrected chi connectivity index (χ2v) is 4.31. The van der Waals surface area contributed by atoms with Crippen molar-refractivity contribution in [2.24, 2.45) is 5.73 Å². The van der Waals surface area contributed by atoms with Crippen LogP contribution in [0.4, 0.5) is 5.69 Å². The first kappa shape index (κ1) is 14.1. The average Bonchev–Trinajstić information content (AvgIpc) is 2.27. The van der Waals surface area contributed by atoms with Crippen LogP contribution in [0.5, 0.6) is 0 Å². The number of hydrogen-bond acceptors (Lipinski definition) is 4. The molecule has 0 fully saturated rings. The molecule has 6 heteroatoms. The third kappa shape index (κ3) is 4.14. The number of nitro groups is 1. The number of nitro benzene ring substituents is 1. The monoisotopic (exact) mass is 251 g/mol. The molecule has 2 atom stereocenters. The van der Waals surface area contributed by atoms with Crippen molar-refractivity contribution in [3.63, 3.8) is 0 Å². The fourth-order valence-corrected chi connectivity index (χ4v) is 1.77. The van der Waals surface area contributed by atoms with E-state index in [2.05, 4.69) is 5.32 Å². The standard InChI is InChI=1S/C12H17N3O3/c1-8(7-12(13)16)14-9(2)10-3-5-11(6-4-10)15(17)18/h3-6,8-9,14H,7H2,1-2H3,(H2,13,16). The molecular weight excluding hydrogens is 234 g/mol. The normalized spacial score (nSPS) is 13.9. The van der Waals surface area contributed by atoms with E-state index in [9.17, 15) is 14.9 Å². The molecule has 3 N–H and O–H groups in total. The number of nitrogens with zero attached hydrogens (tertiary/aromatic N) is 1. The zero-order valence-corrected chi connectivity index (χ0v) is 10.4. The lowest BCUT2D eigenvalue weighted by Crippen LogP contribution is -2.32. The Morgan fingerprint density at radius 3 is 2.39 bits per heavy atom. The van der Waals surface area contributed by atoms with Gasteiger partial charge in [0.25, 0.3) is 5.69 Å². The number of primary amides is 1. The number of nitrogens with two attached hydrogens (primary N) is 1. The van der Waals surface area contributed by atoms with Crippen molar-refractivity contribution < 1.29 is 9.72 Å². The maximum Gasteiger partial charge on any atom is 0.269 e. The van der Waals surface area contributed by atoms with Gasteiger partial charge in [-0.3, -0.25) is 14.9 Å². The second kappa shape index (κ2) is 6.11. The van der Waals surface area contributed by atoms with E-state index in [-0.39, 0.29) is 30.1 Å². The highest BCUT2D eigenvalue weighted by Gasteiger charge is 2.12. The third-order valence-corrected chi connectivity index (χ3v) is 2.65. The molecule has 1 aromatic carbocycles. The summed E-state index contributed by atoms with van der Waals surface area (Å²) in [5, 5.41) is 13.7. The molecule has 98 valence electrons. The number of carbonyl (C=O) groups excluding carboxylic acids is 1. The van der Waals surface area contributed by atoms with E-state index in [1.54, 1.807) is 12.1 Å². The summed E-state index contributed by atoms with van der Waals surface area (Å²) in [4.78, 5) is 20.8. The number of hydrogen-bond donors (Lipinski definition) is 2. The average molecular weight is 251 g/mol. The Morgan fingerprint density at radius 2 is 1.94 bits per heavy atom. The summed E-state index contributed by atoms with van der Waals surface area (Å²) >= 11 is 0. The Bertz CT molecular complexity index is 431. The molecule has 0 spiro atoms. The SMILES string of the molecule is CC(CC(N)=O)NC(C)c1ccc([N+](=O)[O-])cc1. The lowest BCUT2D eigenvalue weighted by Gasteiger charge is -2.19. The van der Waals surface area contributed by atoms with Gasteiger partial charge in [0.05, 0.1) is 4.92 Å². The van der Waals surface area contributed by atoms with Crippen LogP contribution in [-0.2, 0) is 4.79 Å². The predicted molar refractivity (Wildman–Crippen MR) is 67.9 cm³/mol. The molecule has 6 nitrogen and oxygen atoms in total. The van der Waals surface area contributed by atoms with Gasteiger partial charge in [0.1, 0.15) is 0 Å². The third-order valence-electron chi connectivity index (χ3n) is 2.65. The molecule has 1 amide bonds. The van der Waals surface area contributed by atoms with Crippen molar-refractivity contribution in [3.8, 4) is 0 Å². The number of non-ortho nitro benzene ring substituents is 1. The smallest absolute Gasteiger partial charge is 0.269 e. The molecule has 1 rings (SSSR count). The molecule has 0 aromatic heterocycles. The molecule has 0 aliphatic heterocycles. The van der Waals surface area contributed by atoms with Crippen LogP contribution in [0.25, 0.3) is 0 Å². The molecule has 0 aliphatic carbocycles. The van der Waals surface area contributed by atoms with Crippen molar-refractivity contribution in [1.82, 2.24) is 5.32 Å². The number of nitrogens with one attached hydrogen (secondary N) is 1. The summed E-state index contributed by atoms with van der Waals surface area (Å²) < 4.78 is 0. The van der Waals surface area contributed by atoms with Crippen molar-refractivity contribution in [1.29, 1.82) is 0 Å². The minimum atomic E-state index is -0.433. The van der Waals surface area contributed by atoms with Gasteiger partial charge in [0.15, 0.2) is 0 Å². The Morgan fingerprint density at radius 1 is 1.39 bits per heavy atom. The minimum absolute atomic E-state index is 0.000143. The Hall–Kier alpha value is -1.95. The molecule has 0 saturated heterocycles. The highest BCUT2D eigenvalue weighted by atomic mass is 16.6. The molecule has 2 unspecified atom stereocenters. The molecule has 0 radical (unpaired) electrons. The number of benzene rings is 1. The van der Waals surface area contributed by atoms with E-state index in [0.29, 0.717) is 0 Å². The maximum absolute atomic E-state index is 10.8. The summed E-state index contributed by atoms with van der Waals surface area (Å²) in [5.74, 6) is -0.356. The van der Waals surface area contributed by atoms with Gasteiger partial charge >= 0.3 is 0 Å². The molecule has 0 saturated carbocycles. The van der Waals surface area contributed by atoms with E-state index in [1.807, 2.05) is 13.8 Å². The summed E-state index contributed by atoms with van der Waals surface area (Å²) in [6.07, 6.45) is 0.261. The van der Waals surface area contributed by atoms with Crippen LogP contribution < -0.4 is 11.1 Å². The van der Waals surface area contributed by atoms with Crippen LogP contribution in [0.15, 0.2) is 24.3 Å². The van der Waals surface area contributed by atoms with Gasteiger partial charge in [-0.25, -0.2) is 0 Å². The topological polar surface area (TPSA) is 98.3 Å². The van der Waals surface area contributed by atoms with E-state index in [0.717, 1.165) is 5.56 Å². The van der Waals surface area contributed by atoms with E-state index >= 15 is 0 Å². The molecular formula is C12H17N3O3. The van der Waals surface area contributed by atoms with Crippen LogP contribution in [-0.4, -0.2) is 16.9 Å². The molecule has 18 heavy (non-hydrogen) atoms. The first-order valence-electron chi connectivity index (χ1n) is 5.69. The van der Waals surface area contributed by atoms with Gasteiger partial charge in [-0.1, -0.05) is 12.1 Å². The van der Waals surface area contributed by atoms with Crippen LogP contribution >= 0.6 is 0 Å². The minimum Gasteiger partial charge on any atom is -0.370 e. The van der Waals surface area contributed by atoms with Gasteiger partial charge in [-0.05, 0) is 19.4 Å². The highest BCUT2D eigenvalue weighted by Crippen LogP contribution is 2.18. The molecule has 0 heterocycles. The lowest BCUT2D eigenvalue weighted by molar-refractivity contribution is -0.384. The van der Waals surface area contributed by atoms with Gasteiger partial charge in [-0.2, -0.15) is 0 Å². The van der Waals surface area contributed by atoms with Crippen LogP contribution in [0.1, 0.15) is 31.9 Å². The number of carbonyl (C=O) groups is 1. The summed E-state index contributed by atoms with van der Waals surface area (Å²) in [6.45, 7) is 3.80. The van der Waals surface area contributed by atoms with Crippen molar-refractivity contribution in [2.75, 3.05) is 0 Å². The number of amides is 1. The second-order valence-electron chi connectivity index (χ2n) is 4.31. The van der Waals surface area contributed by atoms with Crippen LogP contribution in [0.3, 0.4) is 0 Å². The fraction of sp³-hybridized carbons (Fsp3) is 0.417. The first-order valence-corrected chi connectivity index (χ1v) is 5.69. The molecule has 0 bridgehead atoms. The lowest BCUT2D eigenvalue weighted by atomic mass is 10.1. The van der Waals surface area contributed by atoms with Gasteiger partial charge < -0.3 is 11.1 Å². The zero-order chi connectivity index (χ0) is 13.7. The van der Waals surface area contributed by atoms with Crippen molar-refractivity contribution in [2.45, 2.75) is 32.4 Å². The first-order chi connectivity index (χ1) is 8.40. The fourth-order valence-electron chi connectivity index (χ4n) is 1.77. The molecule has 1 aromatic rings. The van der Waals surface area contributed by atoms with Crippen molar-refractivity contribution in [3.05, 3.63) is 39.9 Å². The van der Waals surface area contributed by atoms with Gasteiger partial charge in [-0.15, -0.1) is 0 Å². The van der Waals surface area contributed by atoms with Crippen molar-refractivity contribution >= 4 is 11.6 Å². The summed E-state index contributed by atoms with van der Waals surface area (Å²) in [7, 11) is 0. The van der Waals surface area contributed by atoms with Crippen LogP contribution in [0.2, 0.25) is 0 Å². The quantitative estimate of drug-likeness (QED) is 0.591. The Kier molecular flexibility index (Phi) is 4.79. The van der Waals surface area contributed by atoms with Crippen LogP contribution in [0, 0.1) is 10.1 Å². The molecule has 0 aliphatic rings. The largest absolute Gasteiger partial charge is 0.370 e. The van der Waals surface area contributed by atoms with E-state index in [1.165, 1.54) is 12.1 Å².